The molecule has 0 saturated carbocycles. The van der Waals surface area contributed by atoms with E-state index in [2.05, 4.69) is 10.3 Å². The molecule has 3 rings (SSSR count). The van der Waals surface area contributed by atoms with Crippen LogP contribution in [0, 0.1) is 6.92 Å². The Bertz CT molecular complexity index is 717. The summed E-state index contributed by atoms with van der Waals surface area (Å²) in [6, 6.07) is 3.52. The highest BCUT2D eigenvalue weighted by atomic mass is 16.2. The zero-order chi connectivity index (χ0) is 14.5. The first kappa shape index (κ1) is 12.7. The lowest BCUT2D eigenvalue weighted by Crippen LogP contribution is -2.40. The third-order valence-electron chi connectivity index (χ3n) is 3.41. The number of imide groups is 1. The van der Waals surface area contributed by atoms with Crippen LogP contribution in [-0.2, 0) is 11.3 Å². The predicted molar refractivity (Wildman–Crippen MR) is 73.1 cm³/mol. The van der Waals surface area contributed by atoms with Crippen molar-refractivity contribution < 1.29 is 9.59 Å². The van der Waals surface area contributed by atoms with Crippen molar-refractivity contribution in [3.05, 3.63) is 35.8 Å². The maximum atomic E-state index is 12.1. The Kier molecular flexibility index (Phi) is 2.57. The molecule has 0 aliphatic carbocycles. The molecule has 0 atom stereocenters. The third-order valence-corrected chi connectivity index (χ3v) is 3.41. The summed E-state index contributed by atoms with van der Waals surface area (Å²) in [5, 5.41) is 2.66. The smallest absolute Gasteiger partial charge is 0.324 e. The molecule has 104 valence electrons. The lowest BCUT2D eigenvalue weighted by Gasteiger charge is -2.14. The summed E-state index contributed by atoms with van der Waals surface area (Å²) in [5.74, 6) is -0.226. The number of amides is 3. The maximum absolute atomic E-state index is 12.1. The van der Waals surface area contributed by atoms with Gasteiger partial charge in [0.05, 0.1) is 12.2 Å². The van der Waals surface area contributed by atoms with E-state index in [9.17, 15) is 9.59 Å². The Morgan fingerprint density at radius 3 is 2.65 bits per heavy atom. The molecular formula is C14H16N4O2. The summed E-state index contributed by atoms with van der Waals surface area (Å²) < 4.78 is 1.90. The van der Waals surface area contributed by atoms with Crippen LogP contribution in [0.15, 0.2) is 24.5 Å². The van der Waals surface area contributed by atoms with E-state index in [1.165, 1.54) is 4.90 Å². The van der Waals surface area contributed by atoms with Crippen LogP contribution < -0.4 is 5.32 Å². The average Bonchev–Trinajstić information content (AvgIpc) is 2.83. The summed E-state index contributed by atoms with van der Waals surface area (Å²) in [5.41, 5.74) is 1.78. The number of pyridine rings is 1. The van der Waals surface area contributed by atoms with Crippen LogP contribution in [-0.4, -0.2) is 31.8 Å². The van der Waals surface area contributed by atoms with Crippen molar-refractivity contribution in [3.8, 4) is 0 Å². The second kappa shape index (κ2) is 4.06. The first-order valence-electron chi connectivity index (χ1n) is 6.45. The Hall–Kier alpha value is -2.37. The van der Waals surface area contributed by atoms with Crippen molar-refractivity contribution >= 4 is 17.6 Å². The largest absolute Gasteiger partial charge is 0.325 e. The van der Waals surface area contributed by atoms with Gasteiger partial charge in [0.1, 0.15) is 11.2 Å². The fraction of sp³-hybridized carbons (Fsp3) is 0.357. The second-order valence-corrected chi connectivity index (χ2v) is 5.65. The predicted octanol–water partition coefficient (Wildman–Crippen LogP) is 1.47. The first-order valence-corrected chi connectivity index (χ1v) is 6.45. The number of carbonyl (C=O) groups is 2. The summed E-state index contributed by atoms with van der Waals surface area (Å²) >= 11 is 0. The van der Waals surface area contributed by atoms with Gasteiger partial charge in [-0.3, -0.25) is 9.69 Å². The van der Waals surface area contributed by atoms with Gasteiger partial charge in [0.2, 0.25) is 0 Å². The molecule has 1 saturated heterocycles. The molecule has 6 nitrogen and oxygen atoms in total. The van der Waals surface area contributed by atoms with Gasteiger partial charge in [0, 0.05) is 12.4 Å². The van der Waals surface area contributed by atoms with Crippen LogP contribution in [0.25, 0.3) is 5.65 Å². The van der Waals surface area contributed by atoms with Crippen LogP contribution in [0.2, 0.25) is 0 Å². The highest BCUT2D eigenvalue weighted by Gasteiger charge is 2.44. The van der Waals surface area contributed by atoms with Crippen molar-refractivity contribution in [2.75, 3.05) is 0 Å². The normalized spacial score (nSPS) is 17.9. The zero-order valence-corrected chi connectivity index (χ0v) is 11.7. The van der Waals surface area contributed by atoms with Crippen LogP contribution in [0.4, 0.5) is 4.79 Å². The Balaban J connectivity index is 1.90. The van der Waals surface area contributed by atoms with Crippen molar-refractivity contribution in [2.45, 2.75) is 32.9 Å². The second-order valence-electron chi connectivity index (χ2n) is 5.65. The minimum Gasteiger partial charge on any atom is -0.324 e. The molecular weight excluding hydrogens is 256 g/mol. The zero-order valence-electron chi connectivity index (χ0n) is 11.7. The van der Waals surface area contributed by atoms with E-state index in [-0.39, 0.29) is 18.5 Å². The number of carbonyl (C=O) groups excluding carboxylic acids is 2. The SMILES string of the molecule is Cc1ccc2nc(CN3C(=O)NC(C)(C)C3=O)cn2c1. The molecule has 6 heteroatoms. The number of rotatable bonds is 2. The topological polar surface area (TPSA) is 66.7 Å². The van der Waals surface area contributed by atoms with E-state index >= 15 is 0 Å². The van der Waals surface area contributed by atoms with Gasteiger partial charge < -0.3 is 9.72 Å². The van der Waals surface area contributed by atoms with E-state index in [4.69, 9.17) is 0 Å². The van der Waals surface area contributed by atoms with E-state index in [0.29, 0.717) is 5.69 Å². The monoisotopic (exact) mass is 272 g/mol. The van der Waals surface area contributed by atoms with Gasteiger partial charge in [0.25, 0.3) is 5.91 Å². The molecule has 1 aliphatic heterocycles. The molecule has 0 radical (unpaired) electrons. The van der Waals surface area contributed by atoms with E-state index in [1.807, 2.05) is 35.9 Å². The summed E-state index contributed by atoms with van der Waals surface area (Å²) in [4.78, 5) is 29.6. The summed E-state index contributed by atoms with van der Waals surface area (Å²) in [6.07, 6.45) is 3.80. The van der Waals surface area contributed by atoms with Gasteiger partial charge in [-0.05, 0) is 32.4 Å². The van der Waals surface area contributed by atoms with Crippen LogP contribution in [0.1, 0.15) is 25.1 Å². The maximum Gasteiger partial charge on any atom is 0.325 e. The number of aryl methyl sites for hydroxylation is 1. The number of hydrogen-bond acceptors (Lipinski definition) is 3. The van der Waals surface area contributed by atoms with Crippen molar-refractivity contribution in [1.82, 2.24) is 19.6 Å². The van der Waals surface area contributed by atoms with Crippen LogP contribution >= 0.6 is 0 Å². The van der Waals surface area contributed by atoms with Gasteiger partial charge >= 0.3 is 6.03 Å². The minimum atomic E-state index is -0.840. The number of hydrogen-bond donors (Lipinski definition) is 1. The molecule has 3 amide bonds. The summed E-state index contributed by atoms with van der Waals surface area (Å²) in [7, 11) is 0. The number of urea groups is 1. The lowest BCUT2D eigenvalue weighted by molar-refractivity contribution is -0.130. The van der Waals surface area contributed by atoms with E-state index < -0.39 is 5.54 Å². The van der Waals surface area contributed by atoms with Crippen LogP contribution in [0.5, 0.6) is 0 Å². The minimum absolute atomic E-state index is 0.189. The van der Waals surface area contributed by atoms with Gasteiger partial charge in [-0.1, -0.05) is 6.07 Å². The van der Waals surface area contributed by atoms with E-state index in [1.54, 1.807) is 13.8 Å². The van der Waals surface area contributed by atoms with Gasteiger partial charge in [-0.25, -0.2) is 9.78 Å². The average molecular weight is 272 g/mol. The third kappa shape index (κ3) is 1.93. The van der Waals surface area contributed by atoms with Crippen molar-refractivity contribution in [2.24, 2.45) is 0 Å². The molecule has 0 bridgehead atoms. The quantitative estimate of drug-likeness (QED) is 0.842. The first-order chi connectivity index (χ1) is 9.37. The number of nitrogens with one attached hydrogen (secondary N) is 1. The van der Waals surface area contributed by atoms with Gasteiger partial charge in [0.15, 0.2) is 0 Å². The molecule has 0 spiro atoms. The Morgan fingerprint density at radius 2 is 2.00 bits per heavy atom. The Labute approximate surface area is 116 Å². The molecule has 0 aromatic carbocycles. The molecule has 0 unspecified atom stereocenters. The lowest BCUT2D eigenvalue weighted by atomic mass is 10.1. The summed E-state index contributed by atoms with van der Waals surface area (Å²) in [6.45, 7) is 5.58. The molecule has 1 fully saturated rings. The number of imidazole rings is 1. The molecule has 2 aromatic heterocycles. The molecule has 2 aromatic rings. The molecule has 3 heterocycles. The van der Waals surface area contributed by atoms with Gasteiger partial charge in [-0.15, -0.1) is 0 Å². The highest BCUT2D eigenvalue weighted by Crippen LogP contribution is 2.19. The van der Waals surface area contributed by atoms with E-state index in [0.717, 1.165) is 11.2 Å². The Morgan fingerprint density at radius 1 is 1.25 bits per heavy atom. The fourth-order valence-electron chi connectivity index (χ4n) is 2.36. The number of nitrogens with zero attached hydrogens (tertiary/aromatic N) is 3. The van der Waals surface area contributed by atoms with Crippen molar-refractivity contribution in [1.29, 1.82) is 0 Å². The number of fused-ring (bicyclic) bond motifs is 1. The van der Waals surface area contributed by atoms with Crippen LogP contribution in [0.3, 0.4) is 0 Å². The fourth-order valence-corrected chi connectivity index (χ4v) is 2.36. The van der Waals surface area contributed by atoms with Gasteiger partial charge in [-0.2, -0.15) is 0 Å². The highest BCUT2D eigenvalue weighted by molar-refractivity contribution is 6.06. The molecule has 20 heavy (non-hydrogen) atoms. The number of aromatic nitrogens is 2. The molecule has 1 N–H and O–H groups in total. The van der Waals surface area contributed by atoms with Crippen molar-refractivity contribution in [3.63, 3.8) is 0 Å². The molecule has 1 aliphatic rings. The standard InChI is InChI=1S/C14H16N4O2/c1-9-4-5-11-15-10(7-17(11)6-9)8-18-12(19)14(2,3)16-13(18)20/h4-7H,8H2,1-3H3,(H,16,20).